The second-order valence-corrected chi connectivity index (χ2v) is 7.96. The van der Waals surface area contributed by atoms with Gasteiger partial charge in [0.15, 0.2) is 0 Å². The van der Waals surface area contributed by atoms with Crippen molar-refractivity contribution in [3.05, 3.63) is 41.6 Å². The number of rotatable bonds is 5. The highest BCUT2D eigenvalue weighted by molar-refractivity contribution is 5.89. The molecule has 0 spiro atoms. The Morgan fingerprint density at radius 2 is 1.81 bits per heavy atom. The van der Waals surface area contributed by atoms with Crippen LogP contribution in [0.5, 0.6) is 0 Å². The van der Waals surface area contributed by atoms with Crippen molar-refractivity contribution in [2.75, 3.05) is 29.6 Å². The van der Waals surface area contributed by atoms with Gasteiger partial charge in [-0.2, -0.15) is 18.2 Å². The Balaban J connectivity index is 1.48. The largest absolute Gasteiger partial charge is 0.416 e. The first-order chi connectivity index (χ1) is 14.6. The molecule has 0 aliphatic heterocycles. The quantitative estimate of drug-likeness (QED) is 0.647. The predicted octanol–water partition coefficient (Wildman–Crippen LogP) is 4.41. The number of urea groups is 1. The monoisotopic (exact) mass is 436 g/mol. The summed E-state index contributed by atoms with van der Waals surface area (Å²) in [5.74, 6) is 1.44. The zero-order valence-corrected chi connectivity index (χ0v) is 17.8. The highest BCUT2D eigenvalue weighted by Crippen LogP contribution is 2.30. The van der Waals surface area contributed by atoms with Gasteiger partial charge in [0, 0.05) is 43.6 Å². The minimum atomic E-state index is -4.45. The van der Waals surface area contributed by atoms with Crippen LogP contribution in [0.2, 0.25) is 0 Å². The Morgan fingerprint density at radius 1 is 1.13 bits per heavy atom. The number of anilines is 3. The Bertz CT molecular complexity index is 910. The maximum atomic E-state index is 12.8. The van der Waals surface area contributed by atoms with E-state index in [4.69, 9.17) is 0 Å². The van der Waals surface area contributed by atoms with Gasteiger partial charge in [0.05, 0.1) is 5.56 Å². The minimum Gasteiger partial charge on any atom is -0.362 e. The van der Waals surface area contributed by atoms with Crippen LogP contribution in [-0.2, 0) is 6.18 Å². The number of carbonyl (C=O) groups excluding carboxylic acids is 1. The number of hydrogen-bond donors (Lipinski definition) is 3. The van der Waals surface area contributed by atoms with E-state index in [9.17, 15) is 18.0 Å². The van der Waals surface area contributed by atoms with E-state index in [0.29, 0.717) is 5.95 Å². The van der Waals surface area contributed by atoms with Crippen molar-refractivity contribution in [3.63, 3.8) is 0 Å². The Morgan fingerprint density at radius 3 is 2.45 bits per heavy atom. The molecule has 1 aliphatic carbocycles. The lowest BCUT2D eigenvalue weighted by molar-refractivity contribution is -0.137. The summed E-state index contributed by atoms with van der Waals surface area (Å²) in [6.07, 6.45) is 0.482. The molecule has 0 saturated heterocycles. The number of aromatic nitrogens is 2. The summed E-state index contributed by atoms with van der Waals surface area (Å²) in [7, 11) is 3.86. The maximum Gasteiger partial charge on any atom is 0.416 e. The van der Waals surface area contributed by atoms with Gasteiger partial charge < -0.3 is 20.9 Å². The number of halogens is 3. The van der Waals surface area contributed by atoms with Crippen LogP contribution in [0.4, 0.5) is 35.4 Å². The van der Waals surface area contributed by atoms with Crippen molar-refractivity contribution in [2.24, 2.45) is 0 Å². The molecule has 1 aromatic carbocycles. The molecule has 1 saturated carbocycles. The van der Waals surface area contributed by atoms with Crippen molar-refractivity contribution in [1.29, 1.82) is 0 Å². The summed E-state index contributed by atoms with van der Waals surface area (Å²) < 4.78 is 38.4. The summed E-state index contributed by atoms with van der Waals surface area (Å²) in [6, 6.07) is 4.24. The third-order valence-electron chi connectivity index (χ3n) is 5.21. The normalized spacial score (nSPS) is 18.9. The Hall–Kier alpha value is -3.04. The third-order valence-corrected chi connectivity index (χ3v) is 5.21. The van der Waals surface area contributed by atoms with Gasteiger partial charge in [0.1, 0.15) is 5.82 Å². The van der Waals surface area contributed by atoms with Crippen LogP contribution in [0.1, 0.15) is 36.8 Å². The molecule has 1 fully saturated rings. The highest BCUT2D eigenvalue weighted by atomic mass is 19.4. The Kier molecular flexibility index (Phi) is 6.87. The van der Waals surface area contributed by atoms with Gasteiger partial charge in [0.2, 0.25) is 5.95 Å². The van der Waals surface area contributed by atoms with E-state index in [2.05, 4.69) is 25.9 Å². The van der Waals surface area contributed by atoms with Gasteiger partial charge in [-0.05, 0) is 50.8 Å². The van der Waals surface area contributed by atoms with Gasteiger partial charge in [-0.15, -0.1) is 0 Å². The molecule has 31 heavy (non-hydrogen) atoms. The molecule has 3 rings (SSSR count). The van der Waals surface area contributed by atoms with Crippen molar-refractivity contribution in [2.45, 2.75) is 50.9 Å². The summed E-state index contributed by atoms with van der Waals surface area (Å²) in [4.78, 5) is 23.0. The smallest absolute Gasteiger partial charge is 0.362 e. The first kappa shape index (κ1) is 22.6. The fourth-order valence-corrected chi connectivity index (χ4v) is 3.65. The van der Waals surface area contributed by atoms with Crippen molar-refractivity contribution in [3.8, 4) is 0 Å². The third kappa shape index (κ3) is 6.22. The summed E-state index contributed by atoms with van der Waals surface area (Å²) in [5.41, 5.74) is 0.304. The van der Waals surface area contributed by atoms with Gasteiger partial charge in [-0.25, -0.2) is 9.78 Å². The van der Waals surface area contributed by atoms with E-state index in [0.717, 1.165) is 49.2 Å². The number of nitrogens with zero attached hydrogens (tertiary/aromatic N) is 3. The van der Waals surface area contributed by atoms with Crippen LogP contribution in [0.25, 0.3) is 0 Å². The molecule has 0 radical (unpaired) electrons. The fraction of sp³-hybridized carbons (Fsp3) is 0.476. The van der Waals surface area contributed by atoms with E-state index in [1.807, 2.05) is 25.9 Å². The second kappa shape index (κ2) is 9.40. The summed E-state index contributed by atoms with van der Waals surface area (Å²) >= 11 is 0. The van der Waals surface area contributed by atoms with Crippen molar-refractivity contribution >= 4 is 23.5 Å². The molecule has 0 unspecified atom stereocenters. The molecule has 10 heteroatoms. The van der Waals surface area contributed by atoms with Crippen LogP contribution < -0.4 is 20.9 Å². The zero-order chi connectivity index (χ0) is 22.6. The summed E-state index contributed by atoms with van der Waals surface area (Å²) in [6.45, 7) is 1.96. The molecular formula is C21H27F3N6O. The first-order valence-corrected chi connectivity index (χ1v) is 10.1. The van der Waals surface area contributed by atoms with Gasteiger partial charge >= 0.3 is 12.2 Å². The zero-order valence-electron chi connectivity index (χ0n) is 17.8. The number of aryl methyl sites for hydroxylation is 1. The van der Waals surface area contributed by atoms with E-state index in [-0.39, 0.29) is 17.8 Å². The van der Waals surface area contributed by atoms with Gasteiger partial charge in [0.25, 0.3) is 0 Å². The molecule has 3 N–H and O–H groups in total. The molecule has 1 aromatic heterocycles. The molecule has 2 aromatic rings. The molecule has 1 heterocycles. The van der Waals surface area contributed by atoms with Crippen LogP contribution in [0, 0.1) is 6.92 Å². The van der Waals surface area contributed by atoms with Crippen molar-refractivity contribution in [1.82, 2.24) is 15.3 Å². The topological polar surface area (TPSA) is 82.2 Å². The molecule has 2 amide bonds. The minimum absolute atomic E-state index is 0.0416. The molecular weight excluding hydrogens is 409 g/mol. The van der Waals surface area contributed by atoms with Gasteiger partial charge in [-0.1, -0.05) is 6.07 Å². The molecule has 0 bridgehead atoms. The second-order valence-electron chi connectivity index (χ2n) is 7.96. The lowest BCUT2D eigenvalue weighted by Gasteiger charge is -2.30. The van der Waals surface area contributed by atoms with E-state index >= 15 is 0 Å². The lowest BCUT2D eigenvalue weighted by Crippen LogP contribution is -2.42. The van der Waals surface area contributed by atoms with Crippen LogP contribution in [0.15, 0.2) is 30.5 Å². The fourth-order valence-electron chi connectivity index (χ4n) is 3.65. The number of carbonyl (C=O) groups is 1. The number of amides is 2. The number of alkyl halides is 3. The van der Waals surface area contributed by atoms with Crippen LogP contribution in [-0.4, -0.2) is 42.2 Å². The van der Waals surface area contributed by atoms with E-state index in [1.165, 1.54) is 12.1 Å². The molecule has 0 atom stereocenters. The molecule has 168 valence electrons. The molecule has 7 nitrogen and oxygen atoms in total. The SMILES string of the molecule is Cc1cnc(NC2CCC(NC(=O)Nc3cccc(C(F)(F)F)c3)CC2)nc1N(C)C. The van der Waals surface area contributed by atoms with Crippen LogP contribution in [0.3, 0.4) is 0 Å². The standard InChI is InChI=1S/C21H27F3N6O/c1-13-12-25-19(29-18(13)30(2)3)26-15-7-9-16(10-8-15)27-20(31)28-17-6-4-5-14(11-17)21(22,23)24/h4-6,11-12,15-16H,7-10H2,1-3H3,(H,25,26,29)(H2,27,28,31). The average molecular weight is 436 g/mol. The Labute approximate surface area is 179 Å². The lowest BCUT2D eigenvalue weighted by atomic mass is 9.91. The van der Waals surface area contributed by atoms with Crippen LogP contribution >= 0.6 is 0 Å². The molecule has 1 aliphatic rings. The average Bonchev–Trinajstić information content (AvgIpc) is 2.70. The maximum absolute atomic E-state index is 12.8. The number of benzene rings is 1. The van der Waals surface area contributed by atoms with E-state index in [1.54, 1.807) is 6.20 Å². The first-order valence-electron chi connectivity index (χ1n) is 10.1. The van der Waals surface area contributed by atoms with E-state index < -0.39 is 17.8 Å². The highest BCUT2D eigenvalue weighted by Gasteiger charge is 2.30. The predicted molar refractivity (Wildman–Crippen MR) is 114 cm³/mol. The number of nitrogens with one attached hydrogen (secondary N) is 3. The van der Waals surface area contributed by atoms with Crippen molar-refractivity contribution < 1.29 is 18.0 Å². The summed E-state index contributed by atoms with van der Waals surface area (Å²) in [5, 5.41) is 8.68. The number of hydrogen-bond acceptors (Lipinski definition) is 5. The van der Waals surface area contributed by atoms with Gasteiger partial charge in [-0.3, -0.25) is 0 Å².